The predicted molar refractivity (Wildman–Crippen MR) is 64.5 cm³/mol. The Bertz CT molecular complexity index is 486. The molecule has 1 N–H and O–H groups in total. The minimum Gasteiger partial charge on any atom is -0.386 e. The quantitative estimate of drug-likeness (QED) is 0.871. The van der Waals surface area contributed by atoms with Gasteiger partial charge in [0, 0.05) is 31.9 Å². The molecule has 0 aliphatic rings. The monoisotopic (exact) mass is 234 g/mol. The Morgan fingerprint density at radius 1 is 1.41 bits per heavy atom. The van der Waals surface area contributed by atoms with Crippen LogP contribution in [0.25, 0.3) is 0 Å². The van der Waals surface area contributed by atoms with Gasteiger partial charge >= 0.3 is 0 Å². The van der Waals surface area contributed by atoms with E-state index in [0.29, 0.717) is 18.2 Å². The van der Waals surface area contributed by atoms with Crippen LogP contribution < -0.4 is 0 Å². The number of aryl methyl sites for hydroxylation is 1. The number of aromatic nitrogens is 4. The molecule has 0 aromatic carbocycles. The average Bonchev–Trinajstić information content (AvgIpc) is 2.86. The molecule has 2 heterocycles. The van der Waals surface area contributed by atoms with Crippen LogP contribution in [-0.2, 0) is 13.5 Å². The summed E-state index contributed by atoms with van der Waals surface area (Å²) in [5.74, 6) is 0. The normalized spacial score (nSPS) is 13.2. The van der Waals surface area contributed by atoms with E-state index >= 15 is 0 Å². The third kappa shape index (κ3) is 2.74. The first-order valence-electron chi connectivity index (χ1n) is 5.76. The molecule has 0 saturated carbocycles. The van der Waals surface area contributed by atoms with E-state index in [-0.39, 0.29) is 0 Å². The van der Waals surface area contributed by atoms with Gasteiger partial charge in [-0.05, 0) is 19.9 Å². The molecule has 17 heavy (non-hydrogen) atoms. The smallest absolute Gasteiger partial charge is 0.103 e. The maximum absolute atomic E-state index is 10.0. The second-order valence-corrected chi connectivity index (χ2v) is 4.56. The summed E-state index contributed by atoms with van der Waals surface area (Å²) in [6.07, 6.45) is 5.35. The SMILES string of the molecule is CC(C)n1ccc(CC(O)c2cn(C)cn2)n1. The number of aliphatic hydroxyl groups excluding tert-OH is 1. The number of hydrogen-bond acceptors (Lipinski definition) is 3. The van der Waals surface area contributed by atoms with Gasteiger partial charge in [-0.3, -0.25) is 4.68 Å². The molecule has 2 aromatic heterocycles. The fourth-order valence-corrected chi connectivity index (χ4v) is 1.68. The molecule has 0 aliphatic carbocycles. The molecule has 5 nitrogen and oxygen atoms in total. The van der Waals surface area contributed by atoms with Crippen LogP contribution in [0.3, 0.4) is 0 Å². The van der Waals surface area contributed by atoms with Gasteiger partial charge in [0.15, 0.2) is 0 Å². The number of nitrogens with zero attached hydrogens (tertiary/aromatic N) is 4. The molecule has 0 radical (unpaired) electrons. The first-order chi connectivity index (χ1) is 8.06. The molecule has 2 rings (SSSR count). The summed E-state index contributed by atoms with van der Waals surface area (Å²) in [6, 6.07) is 2.28. The topological polar surface area (TPSA) is 55.9 Å². The van der Waals surface area contributed by atoms with Crippen LogP contribution in [0, 0.1) is 0 Å². The van der Waals surface area contributed by atoms with Crippen LogP contribution in [0.15, 0.2) is 24.8 Å². The number of hydrogen-bond donors (Lipinski definition) is 1. The van der Waals surface area contributed by atoms with Crippen molar-refractivity contribution in [2.24, 2.45) is 7.05 Å². The third-order valence-corrected chi connectivity index (χ3v) is 2.66. The van der Waals surface area contributed by atoms with Crippen molar-refractivity contribution in [3.63, 3.8) is 0 Å². The summed E-state index contributed by atoms with van der Waals surface area (Å²) in [5.41, 5.74) is 1.57. The van der Waals surface area contributed by atoms with Crippen molar-refractivity contribution in [3.05, 3.63) is 36.2 Å². The summed E-state index contributed by atoms with van der Waals surface area (Å²) in [6.45, 7) is 4.15. The molecule has 0 bridgehead atoms. The van der Waals surface area contributed by atoms with E-state index < -0.39 is 6.10 Å². The zero-order valence-electron chi connectivity index (χ0n) is 10.4. The number of rotatable bonds is 4. The highest BCUT2D eigenvalue weighted by Gasteiger charge is 2.13. The lowest BCUT2D eigenvalue weighted by Gasteiger charge is -2.06. The fraction of sp³-hybridized carbons (Fsp3) is 0.500. The molecule has 0 spiro atoms. The van der Waals surface area contributed by atoms with E-state index in [0.717, 1.165) is 5.69 Å². The zero-order chi connectivity index (χ0) is 12.4. The average molecular weight is 234 g/mol. The summed E-state index contributed by atoms with van der Waals surface area (Å²) in [5, 5.41) is 14.4. The second-order valence-electron chi connectivity index (χ2n) is 4.56. The van der Waals surface area contributed by atoms with Crippen molar-refractivity contribution in [2.75, 3.05) is 0 Å². The van der Waals surface area contributed by atoms with Crippen molar-refractivity contribution in [2.45, 2.75) is 32.4 Å². The molecular weight excluding hydrogens is 216 g/mol. The van der Waals surface area contributed by atoms with Crippen LogP contribution in [0.4, 0.5) is 0 Å². The van der Waals surface area contributed by atoms with Gasteiger partial charge in [-0.15, -0.1) is 0 Å². The lowest BCUT2D eigenvalue weighted by molar-refractivity contribution is 0.172. The number of imidazole rings is 1. The summed E-state index contributed by atoms with van der Waals surface area (Å²) in [4.78, 5) is 4.13. The molecule has 5 heteroatoms. The molecule has 0 fully saturated rings. The van der Waals surface area contributed by atoms with E-state index in [4.69, 9.17) is 0 Å². The second kappa shape index (κ2) is 4.71. The van der Waals surface area contributed by atoms with Crippen molar-refractivity contribution in [1.82, 2.24) is 19.3 Å². The minimum absolute atomic E-state index is 0.343. The molecule has 92 valence electrons. The highest BCUT2D eigenvalue weighted by atomic mass is 16.3. The Labute approximate surface area is 101 Å². The van der Waals surface area contributed by atoms with Crippen molar-refractivity contribution < 1.29 is 5.11 Å². The maximum Gasteiger partial charge on any atom is 0.103 e. The van der Waals surface area contributed by atoms with Crippen LogP contribution in [0.2, 0.25) is 0 Å². The van der Waals surface area contributed by atoms with Gasteiger partial charge < -0.3 is 9.67 Å². The molecule has 0 aliphatic heterocycles. The highest BCUT2D eigenvalue weighted by Crippen LogP contribution is 2.15. The van der Waals surface area contributed by atoms with Gasteiger partial charge in [-0.1, -0.05) is 0 Å². The molecule has 1 atom stereocenters. The third-order valence-electron chi connectivity index (χ3n) is 2.66. The van der Waals surface area contributed by atoms with Gasteiger partial charge in [-0.2, -0.15) is 5.10 Å². The lowest BCUT2D eigenvalue weighted by Crippen LogP contribution is -2.05. The van der Waals surface area contributed by atoms with E-state index in [1.165, 1.54) is 0 Å². The van der Waals surface area contributed by atoms with Gasteiger partial charge in [0.25, 0.3) is 0 Å². The van der Waals surface area contributed by atoms with Gasteiger partial charge in [-0.25, -0.2) is 4.98 Å². The van der Waals surface area contributed by atoms with E-state index in [1.807, 2.05) is 34.8 Å². The Morgan fingerprint density at radius 2 is 2.18 bits per heavy atom. The van der Waals surface area contributed by atoms with Crippen LogP contribution >= 0.6 is 0 Å². The van der Waals surface area contributed by atoms with E-state index in [2.05, 4.69) is 23.9 Å². The molecule has 0 amide bonds. The summed E-state index contributed by atoms with van der Waals surface area (Å²) < 4.78 is 3.71. The Hall–Kier alpha value is -1.62. The predicted octanol–water partition coefficient (Wildman–Crippen LogP) is 1.47. The van der Waals surface area contributed by atoms with Crippen molar-refractivity contribution in [3.8, 4) is 0 Å². The Morgan fingerprint density at radius 3 is 2.71 bits per heavy atom. The maximum atomic E-state index is 10.0. The van der Waals surface area contributed by atoms with E-state index in [9.17, 15) is 5.11 Å². The lowest BCUT2D eigenvalue weighted by atomic mass is 10.1. The molecular formula is C12H18N4O. The highest BCUT2D eigenvalue weighted by molar-refractivity contribution is 5.08. The Balaban J connectivity index is 2.05. The van der Waals surface area contributed by atoms with Crippen LogP contribution in [-0.4, -0.2) is 24.4 Å². The van der Waals surface area contributed by atoms with Crippen LogP contribution in [0.5, 0.6) is 0 Å². The zero-order valence-corrected chi connectivity index (χ0v) is 10.4. The summed E-state index contributed by atoms with van der Waals surface area (Å²) >= 11 is 0. The largest absolute Gasteiger partial charge is 0.386 e. The van der Waals surface area contributed by atoms with Gasteiger partial charge in [0.05, 0.1) is 17.7 Å². The minimum atomic E-state index is -0.591. The molecule has 1 unspecified atom stereocenters. The summed E-state index contributed by atoms with van der Waals surface area (Å²) in [7, 11) is 1.89. The Kier molecular flexibility index (Phi) is 3.28. The fourth-order valence-electron chi connectivity index (χ4n) is 1.68. The molecule has 2 aromatic rings. The standard InChI is InChI=1S/C12H18N4O/c1-9(2)16-5-4-10(14-16)6-12(17)11-7-15(3)8-13-11/h4-5,7-9,12,17H,6H2,1-3H3. The molecule has 0 saturated heterocycles. The van der Waals surface area contributed by atoms with E-state index in [1.54, 1.807) is 6.33 Å². The van der Waals surface area contributed by atoms with Crippen LogP contribution in [0.1, 0.15) is 37.4 Å². The van der Waals surface area contributed by atoms with Gasteiger partial charge in [0.1, 0.15) is 6.10 Å². The van der Waals surface area contributed by atoms with Gasteiger partial charge in [0.2, 0.25) is 0 Å². The first-order valence-corrected chi connectivity index (χ1v) is 5.76. The van der Waals surface area contributed by atoms with Crippen molar-refractivity contribution >= 4 is 0 Å². The number of aliphatic hydroxyl groups is 1. The van der Waals surface area contributed by atoms with Crippen molar-refractivity contribution in [1.29, 1.82) is 0 Å². The first kappa shape index (κ1) is 11.9.